The lowest BCUT2D eigenvalue weighted by Crippen LogP contribution is -2.55. The van der Waals surface area contributed by atoms with Crippen molar-refractivity contribution in [3.63, 3.8) is 0 Å². The standard InChI is InChI=1S/C15H20FNO2S/c1-14(2)8-15(10-20-9-14,13(18)19-3)17-12-6-4-11(16)5-7-12/h4-7,17H,8-10H2,1-3H3. The van der Waals surface area contributed by atoms with Gasteiger partial charge in [0.25, 0.3) is 0 Å². The van der Waals surface area contributed by atoms with Crippen molar-refractivity contribution in [3.8, 4) is 0 Å². The molecular formula is C15H20FNO2S. The van der Waals surface area contributed by atoms with Gasteiger partial charge in [0.2, 0.25) is 0 Å². The third kappa shape index (κ3) is 3.26. The second-order valence-electron chi connectivity index (χ2n) is 6.04. The predicted molar refractivity (Wildman–Crippen MR) is 80.5 cm³/mol. The highest BCUT2D eigenvalue weighted by Crippen LogP contribution is 2.41. The Morgan fingerprint density at radius 2 is 1.95 bits per heavy atom. The number of anilines is 1. The number of nitrogens with one attached hydrogen (secondary N) is 1. The molecule has 20 heavy (non-hydrogen) atoms. The first-order chi connectivity index (χ1) is 9.37. The summed E-state index contributed by atoms with van der Waals surface area (Å²) in [7, 11) is 1.41. The van der Waals surface area contributed by atoms with E-state index >= 15 is 0 Å². The summed E-state index contributed by atoms with van der Waals surface area (Å²) >= 11 is 1.74. The van der Waals surface area contributed by atoms with Crippen LogP contribution in [0.25, 0.3) is 0 Å². The molecular weight excluding hydrogens is 277 g/mol. The summed E-state index contributed by atoms with van der Waals surface area (Å²) in [6.07, 6.45) is 0.692. The average Bonchev–Trinajstić information content (AvgIpc) is 2.39. The first-order valence-electron chi connectivity index (χ1n) is 6.57. The number of hydrogen-bond acceptors (Lipinski definition) is 4. The normalized spacial score (nSPS) is 25.0. The van der Waals surface area contributed by atoms with Gasteiger partial charge in [-0.3, -0.25) is 0 Å². The Balaban J connectivity index is 2.28. The summed E-state index contributed by atoms with van der Waals surface area (Å²) in [5.74, 6) is 1.11. The van der Waals surface area contributed by atoms with Gasteiger partial charge in [0.1, 0.15) is 11.4 Å². The summed E-state index contributed by atoms with van der Waals surface area (Å²) in [4.78, 5) is 12.3. The molecule has 2 rings (SSSR count). The van der Waals surface area contributed by atoms with Gasteiger partial charge in [0.05, 0.1) is 7.11 Å². The molecule has 3 nitrogen and oxygen atoms in total. The fourth-order valence-corrected chi connectivity index (χ4v) is 4.09. The van der Waals surface area contributed by atoms with Crippen molar-refractivity contribution in [3.05, 3.63) is 30.1 Å². The molecule has 0 amide bonds. The van der Waals surface area contributed by atoms with Gasteiger partial charge in [-0.05, 0) is 41.9 Å². The lowest BCUT2D eigenvalue weighted by atomic mass is 9.79. The Kier molecular flexibility index (Phi) is 4.28. The molecule has 0 radical (unpaired) electrons. The SMILES string of the molecule is COC(=O)C1(Nc2ccc(F)cc2)CSCC(C)(C)C1. The zero-order valence-electron chi connectivity index (χ0n) is 12.0. The largest absolute Gasteiger partial charge is 0.467 e. The van der Waals surface area contributed by atoms with Gasteiger partial charge in [0, 0.05) is 11.4 Å². The molecule has 1 heterocycles. The first kappa shape index (κ1) is 15.2. The number of halogens is 1. The number of esters is 1. The van der Waals surface area contributed by atoms with E-state index in [-0.39, 0.29) is 17.2 Å². The maximum Gasteiger partial charge on any atom is 0.332 e. The van der Waals surface area contributed by atoms with E-state index in [4.69, 9.17) is 4.74 Å². The summed E-state index contributed by atoms with van der Waals surface area (Å²) < 4.78 is 18.0. The Morgan fingerprint density at radius 3 is 2.50 bits per heavy atom. The maximum atomic E-state index is 13.0. The molecule has 1 saturated heterocycles. The second-order valence-corrected chi connectivity index (χ2v) is 7.02. The number of carbonyl (C=O) groups is 1. The van der Waals surface area contributed by atoms with E-state index in [2.05, 4.69) is 19.2 Å². The van der Waals surface area contributed by atoms with Crippen LogP contribution in [0.5, 0.6) is 0 Å². The molecule has 1 aromatic carbocycles. The van der Waals surface area contributed by atoms with Crippen molar-refractivity contribution in [2.24, 2.45) is 5.41 Å². The minimum absolute atomic E-state index is 0.0458. The number of thioether (sulfide) groups is 1. The molecule has 1 fully saturated rings. The minimum atomic E-state index is -0.751. The van der Waals surface area contributed by atoms with Gasteiger partial charge >= 0.3 is 5.97 Å². The fraction of sp³-hybridized carbons (Fsp3) is 0.533. The van der Waals surface area contributed by atoms with Crippen molar-refractivity contribution in [1.29, 1.82) is 0 Å². The van der Waals surface area contributed by atoms with Gasteiger partial charge in [0.15, 0.2) is 0 Å². The number of rotatable bonds is 3. The topological polar surface area (TPSA) is 38.3 Å². The van der Waals surface area contributed by atoms with Crippen LogP contribution in [0.2, 0.25) is 0 Å². The highest BCUT2D eigenvalue weighted by atomic mass is 32.2. The molecule has 0 spiro atoms. The summed E-state index contributed by atoms with van der Waals surface area (Å²) in [6.45, 7) is 4.28. The second kappa shape index (κ2) is 5.64. The smallest absolute Gasteiger partial charge is 0.332 e. The lowest BCUT2D eigenvalue weighted by Gasteiger charge is -2.43. The molecule has 0 aromatic heterocycles. The van der Waals surface area contributed by atoms with Gasteiger partial charge in [-0.2, -0.15) is 11.8 Å². The maximum absolute atomic E-state index is 13.0. The Labute approximate surface area is 123 Å². The van der Waals surface area contributed by atoms with Crippen LogP contribution in [0.15, 0.2) is 24.3 Å². The van der Waals surface area contributed by atoms with Crippen LogP contribution in [0, 0.1) is 11.2 Å². The number of benzene rings is 1. The Hall–Kier alpha value is -1.23. The molecule has 1 unspecified atom stereocenters. The molecule has 1 aliphatic heterocycles. The molecule has 0 saturated carbocycles. The molecule has 1 N–H and O–H groups in total. The van der Waals surface area contributed by atoms with Gasteiger partial charge in [-0.25, -0.2) is 9.18 Å². The quantitative estimate of drug-likeness (QED) is 0.869. The summed E-state index contributed by atoms with van der Waals surface area (Å²) in [6, 6.07) is 6.06. The van der Waals surface area contributed by atoms with Crippen LogP contribution in [0.4, 0.5) is 10.1 Å². The van der Waals surface area contributed by atoms with E-state index < -0.39 is 5.54 Å². The summed E-state index contributed by atoms with van der Waals surface area (Å²) in [5.41, 5.74) is 0.0263. The zero-order valence-corrected chi connectivity index (χ0v) is 12.8. The average molecular weight is 297 g/mol. The van der Waals surface area contributed by atoms with E-state index in [0.29, 0.717) is 12.2 Å². The zero-order chi connectivity index (χ0) is 14.8. The van der Waals surface area contributed by atoms with E-state index in [1.165, 1.54) is 19.2 Å². The van der Waals surface area contributed by atoms with E-state index in [1.54, 1.807) is 23.9 Å². The van der Waals surface area contributed by atoms with Crippen LogP contribution < -0.4 is 5.32 Å². The highest BCUT2D eigenvalue weighted by molar-refractivity contribution is 7.99. The molecule has 5 heteroatoms. The molecule has 0 aliphatic carbocycles. The third-order valence-corrected chi connectivity index (χ3v) is 5.11. The van der Waals surface area contributed by atoms with Crippen LogP contribution in [0.3, 0.4) is 0 Å². The number of methoxy groups -OCH3 is 1. The molecule has 1 atom stereocenters. The highest BCUT2D eigenvalue weighted by Gasteiger charge is 2.47. The summed E-state index contributed by atoms with van der Waals surface area (Å²) in [5, 5.41) is 3.27. The van der Waals surface area contributed by atoms with Crippen molar-refractivity contribution in [2.45, 2.75) is 25.8 Å². The van der Waals surface area contributed by atoms with Crippen molar-refractivity contribution >= 4 is 23.4 Å². The molecule has 0 bridgehead atoms. The minimum Gasteiger partial charge on any atom is -0.467 e. The predicted octanol–water partition coefficient (Wildman–Crippen LogP) is 3.31. The molecule has 1 aliphatic rings. The van der Waals surface area contributed by atoms with Gasteiger partial charge < -0.3 is 10.1 Å². The molecule has 110 valence electrons. The lowest BCUT2D eigenvalue weighted by molar-refractivity contribution is -0.146. The van der Waals surface area contributed by atoms with Crippen molar-refractivity contribution < 1.29 is 13.9 Å². The number of hydrogen-bond donors (Lipinski definition) is 1. The third-order valence-electron chi connectivity index (χ3n) is 3.43. The van der Waals surface area contributed by atoms with Gasteiger partial charge in [-0.15, -0.1) is 0 Å². The van der Waals surface area contributed by atoms with Crippen LogP contribution in [0.1, 0.15) is 20.3 Å². The van der Waals surface area contributed by atoms with Crippen molar-refractivity contribution in [2.75, 3.05) is 23.9 Å². The van der Waals surface area contributed by atoms with Crippen molar-refractivity contribution in [1.82, 2.24) is 0 Å². The van der Waals surface area contributed by atoms with E-state index in [9.17, 15) is 9.18 Å². The Bertz CT molecular complexity index is 489. The Morgan fingerprint density at radius 1 is 1.30 bits per heavy atom. The molecule has 1 aromatic rings. The van der Waals surface area contributed by atoms with Gasteiger partial charge in [-0.1, -0.05) is 13.8 Å². The number of ether oxygens (including phenoxy) is 1. The van der Waals surface area contributed by atoms with Crippen LogP contribution in [-0.2, 0) is 9.53 Å². The van der Waals surface area contributed by atoms with Crippen LogP contribution >= 0.6 is 11.8 Å². The van der Waals surface area contributed by atoms with E-state index in [1.807, 2.05) is 0 Å². The van der Waals surface area contributed by atoms with E-state index in [0.717, 1.165) is 11.4 Å². The first-order valence-corrected chi connectivity index (χ1v) is 7.72. The van der Waals surface area contributed by atoms with Crippen LogP contribution in [-0.4, -0.2) is 30.1 Å². The number of carbonyl (C=O) groups excluding carboxylic acids is 1. The monoisotopic (exact) mass is 297 g/mol. The fourth-order valence-electron chi connectivity index (χ4n) is 2.69.